The Bertz CT molecular complexity index is 578. The number of aliphatic hydroxyl groups excluding tert-OH is 1. The molecule has 19 heavy (non-hydrogen) atoms. The quantitative estimate of drug-likeness (QED) is 0.869. The maximum Gasteiger partial charge on any atom is 0.123 e. The molecule has 1 aromatic carbocycles. The molecule has 0 amide bonds. The molecular formula is C15H13FO2S. The second-order valence-electron chi connectivity index (χ2n) is 3.78. The van der Waals surface area contributed by atoms with E-state index in [9.17, 15) is 4.39 Å². The maximum absolute atomic E-state index is 12.7. The summed E-state index contributed by atoms with van der Waals surface area (Å²) in [5.74, 6) is 6.22. The van der Waals surface area contributed by atoms with Gasteiger partial charge in [0, 0.05) is 11.3 Å². The fourth-order valence-corrected chi connectivity index (χ4v) is 2.21. The molecule has 0 spiro atoms. The number of hydrogen-bond donors (Lipinski definition) is 1. The largest absolute Gasteiger partial charge is 0.488 e. The summed E-state index contributed by atoms with van der Waals surface area (Å²) in [4.78, 5) is 2.00. The highest BCUT2D eigenvalue weighted by atomic mass is 32.1. The highest BCUT2D eigenvalue weighted by Gasteiger charge is 2.00. The molecule has 2 nitrogen and oxygen atoms in total. The van der Waals surface area contributed by atoms with Crippen LogP contribution in [0.25, 0.3) is 0 Å². The van der Waals surface area contributed by atoms with Crippen LogP contribution in [0.15, 0.2) is 36.4 Å². The van der Waals surface area contributed by atoms with Gasteiger partial charge < -0.3 is 9.84 Å². The van der Waals surface area contributed by atoms with E-state index in [1.807, 2.05) is 12.1 Å². The molecule has 0 fully saturated rings. The lowest BCUT2D eigenvalue weighted by Crippen LogP contribution is -1.92. The van der Waals surface area contributed by atoms with E-state index in [0.717, 1.165) is 9.75 Å². The Balaban J connectivity index is 1.90. The van der Waals surface area contributed by atoms with E-state index in [1.54, 1.807) is 23.5 Å². The standard InChI is InChI=1S/C15H13FO2S/c16-12-4-6-13(7-5-12)18-11-15-9-8-14(19-15)3-1-2-10-17/h4-9,17H,2,10-11H2. The van der Waals surface area contributed by atoms with Crippen molar-refractivity contribution in [1.82, 2.24) is 0 Å². The van der Waals surface area contributed by atoms with Crippen molar-refractivity contribution >= 4 is 11.3 Å². The highest BCUT2D eigenvalue weighted by Crippen LogP contribution is 2.19. The normalized spacial score (nSPS) is 9.79. The van der Waals surface area contributed by atoms with Crippen molar-refractivity contribution in [3.8, 4) is 17.6 Å². The topological polar surface area (TPSA) is 29.5 Å². The molecule has 1 aromatic heterocycles. The third-order valence-corrected chi connectivity index (χ3v) is 3.28. The van der Waals surface area contributed by atoms with Gasteiger partial charge in [-0.2, -0.15) is 0 Å². The van der Waals surface area contributed by atoms with Crippen LogP contribution in [0.5, 0.6) is 5.75 Å². The number of ether oxygens (including phenoxy) is 1. The first-order chi connectivity index (χ1) is 9.28. The molecule has 0 aliphatic heterocycles. The molecular weight excluding hydrogens is 263 g/mol. The van der Waals surface area contributed by atoms with Crippen molar-refractivity contribution in [3.63, 3.8) is 0 Å². The van der Waals surface area contributed by atoms with Gasteiger partial charge in [0.15, 0.2) is 0 Å². The first kappa shape index (κ1) is 13.6. The molecule has 0 saturated heterocycles. The van der Waals surface area contributed by atoms with Gasteiger partial charge in [-0.3, -0.25) is 0 Å². The average Bonchev–Trinajstić information content (AvgIpc) is 2.86. The first-order valence-electron chi connectivity index (χ1n) is 5.85. The number of rotatable bonds is 4. The van der Waals surface area contributed by atoms with E-state index in [-0.39, 0.29) is 12.4 Å². The summed E-state index contributed by atoms with van der Waals surface area (Å²) in [7, 11) is 0. The van der Waals surface area contributed by atoms with Crippen LogP contribution >= 0.6 is 11.3 Å². The van der Waals surface area contributed by atoms with Gasteiger partial charge in [-0.25, -0.2) is 4.39 Å². The van der Waals surface area contributed by atoms with E-state index in [0.29, 0.717) is 18.8 Å². The number of thiophene rings is 1. The second-order valence-corrected chi connectivity index (χ2v) is 4.95. The first-order valence-corrected chi connectivity index (χ1v) is 6.66. The minimum Gasteiger partial charge on any atom is -0.488 e. The lowest BCUT2D eigenvalue weighted by Gasteiger charge is -2.03. The van der Waals surface area contributed by atoms with Gasteiger partial charge in [0.05, 0.1) is 11.5 Å². The summed E-state index contributed by atoms with van der Waals surface area (Å²) in [5, 5.41) is 8.63. The van der Waals surface area contributed by atoms with Crippen molar-refractivity contribution < 1.29 is 14.2 Å². The van der Waals surface area contributed by atoms with Crippen LogP contribution in [0, 0.1) is 17.7 Å². The van der Waals surface area contributed by atoms with Crippen molar-refractivity contribution in [2.75, 3.05) is 6.61 Å². The Hall–Kier alpha value is -1.83. The van der Waals surface area contributed by atoms with E-state index >= 15 is 0 Å². The molecule has 0 aliphatic carbocycles. The summed E-state index contributed by atoms with van der Waals surface area (Å²) in [6.45, 7) is 0.525. The zero-order valence-electron chi connectivity index (χ0n) is 10.2. The molecule has 0 bridgehead atoms. The Kier molecular flexibility index (Phi) is 4.96. The number of benzene rings is 1. The van der Waals surface area contributed by atoms with E-state index in [4.69, 9.17) is 9.84 Å². The molecule has 0 unspecified atom stereocenters. The molecule has 98 valence electrons. The van der Waals surface area contributed by atoms with E-state index in [1.165, 1.54) is 12.1 Å². The summed E-state index contributed by atoms with van der Waals surface area (Å²) >= 11 is 1.55. The van der Waals surface area contributed by atoms with Crippen molar-refractivity contribution in [1.29, 1.82) is 0 Å². The summed E-state index contributed by atoms with van der Waals surface area (Å²) in [5.41, 5.74) is 0. The lowest BCUT2D eigenvalue weighted by molar-refractivity contribution is 0.305. The fraction of sp³-hybridized carbons (Fsp3) is 0.200. The van der Waals surface area contributed by atoms with Crippen LogP contribution in [0.1, 0.15) is 16.2 Å². The maximum atomic E-state index is 12.7. The Labute approximate surface area is 115 Å². The minimum atomic E-state index is -0.273. The zero-order chi connectivity index (χ0) is 13.5. The van der Waals surface area contributed by atoms with Crippen molar-refractivity contribution in [2.45, 2.75) is 13.0 Å². The molecule has 0 radical (unpaired) electrons. The average molecular weight is 276 g/mol. The number of hydrogen-bond acceptors (Lipinski definition) is 3. The second kappa shape index (κ2) is 6.93. The highest BCUT2D eigenvalue weighted by molar-refractivity contribution is 7.12. The Morgan fingerprint density at radius 1 is 1.16 bits per heavy atom. The summed E-state index contributed by atoms with van der Waals surface area (Å²) in [6, 6.07) is 9.83. The molecule has 2 aromatic rings. The van der Waals surface area contributed by atoms with E-state index < -0.39 is 0 Å². The molecule has 0 aliphatic rings. The van der Waals surface area contributed by atoms with Crippen LogP contribution < -0.4 is 4.74 Å². The third kappa shape index (κ3) is 4.40. The number of halogens is 1. The van der Waals surface area contributed by atoms with Crippen LogP contribution in [-0.4, -0.2) is 11.7 Å². The molecule has 2 rings (SSSR count). The van der Waals surface area contributed by atoms with Gasteiger partial charge in [0.1, 0.15) is 18.2 Å². The monoisotopic (exact) mass is 276 g/mol. The van der Waals surface area contributed by atoms with Gasteiger partial charge >= 0.3 is 0 Å². The molecule has 0 atom stereocenters. The predicted molar refractivity (Wildman–Crippen MR) is 73.6 cm³/mol. The van der Waals surface area contributed by atoms with E-state index in [2.05, 4.69) is 11.8 Å². The van der Waals surface area contributed by atoms with Crippen LogP contribution in [0.3, 0.4) is 0 Å². The van der Waals surface area contributed by atoms with Crippen molar-refractivity contribution in [2.24, 2.45) is 0 Å². The fourth-order valence-electron chi connectivity index (χ4n) is 1.41. The van der Waals surface area contributed by atoms with Crippen molar-refractivity contribution in [3.05, 3.63) is 52.0 Å². The van der Waals surface area contributed by atoms with Gasteiger partial charge in [-0.1, -0.05) is 11.8 Å². The van der Waals surface area contributed by atoms with Gasteiger partial charge in [0.2, 0.25) is 0 Å². The molecule has 4 heteroatoms. The van der Waals surface area contributed by atoms with Crippen LogP contribution in [-0.2, 0) is 6.61 Å². The summed E-state index contributed by atoms with van der Waals surface area (Å²) < 4.78 is 18.3. The predicted octanol–water partition coefficient (Wildman–Crippen LogP) is 3.20. The Morgan fingerprint density at radius 2 is 1.95 bits per heavy atom. The Morgan fingerprint density at radius 3 is 2.68 bits per heavy atom. The SMILES string of the molecule is OCCC#Cc1ccc(COc2ccc(F)cc2)s1. The summed E-state index contributed by atoms with van der Waals surface area (Å²) in [6.07, 6.45) is 0.485. The number of aliphatic hydroxyl groups is 1. The van der Waals surface area contributed by atoms with Crippen LogP contribution in [0.2, 0.25) is 0 Å². The van der Waals surface area contributed by atoms with Gasteiger partial charge in [-0.05, 0) is 36.4 Å². The molecule has 1 heterocycles. The van der Waals surface area contributed by atoms with Gasteiger partial charge in [0.25, 0.3) is 0 Å². The van der Waals surface area contributed by atoms with Crippen LogP contribution in [0.4, 0.5) is 4.39 Å². The smallest absolute Gasteiger partial charge is 0.123 e. The molecule has 0 saturated carbocycles. The molecule has 1 N–H and O–H groups in total. The van der Waals surface area contributed by atoms with Gasteiger partial charge in [-0.15, -0.1) is 11.3 Å². The minimum absolute atomic E-state index is 0.0823. The third-order valence-electron chi connectivity index (χ3n) is 2.30. The zero-order valence-corrected chi connectivity index (χ0v) is 11.0. The lowest BCUT2D eigenvalue weighted by atomic mass is 10.3.